The van der Waals surface area contributed by atoms with Gasteiger partial charge in [0.05, 0.1) is 23.9 Å². The number of hydrogen-bond acceptors (Lipinski definition) is 7. The number of carbonyl (C=O) groups is 1. The van der Waals surface area contributed by atoms with Gasteiger partial charge in [-0.15, -0.1) is 21.5 Å². The van der Waals surface area contributed by atoms with Crippen LogP contribution in [0.5, 0.6) is 5.75 Å². The van der Waals surface area contributed by atoms with Crippen LogP contribution in [-0.4, -0.2) is 33.4 Å². The van der Waals surface area contributed by atoms with Gasteiger partial charge in [0.1, 0.15) is 16.8 Å². The maximum absolute atomic E-state index is 12.6. The van der Waals surface area contributed by atoms with Crippen molar-refractivity contribution in [3.8, 4) is 11.8 Å². The predicted molar refractivity (Wildman–Crippen MR) is 120 cm³/mol. The van der Waals surface area contributed by atoms with E-state index in [9.17, 15) is 10.1 Å². The van der Waals surface area contributed by atoms with Crippen LogP contribution >= 0.6 is 23.1 Å². The van der Waals surface area contributed by atoms with Crippen LogP contribution in [-0.2, 0) is 4.79 Å². The summed E-state index contributed by atoms with van der Waals surface area (Å²) >= 11 is 2.72. The number of fused-ring (bicyclic) bond motifs is 3. The number of ether oxygens (including phenoxy) is 1. The summed E-state index contributed by atoms with van der Waals surface area (Å²) in [6.07, 6.45) is 0. The van der Waals surface area contributed by atoms with E-state index in [0.29, 0.717) is 15.7 Å². The van der Waals surface area contributed by atoms with Crippen molar-refractivity contribution in [3.63, 3.8) is 0 Å². The summed E-state index contributed by atoms with van der Waals surface area (Å²) in [6, 6.07) is 10.1. The Morgan fingerprint density at radius 3 is 2.83 bits per heavy atom. The number of methoxy groups -OCH3 is 1. The average molecular weight is 438 g/mol. The summed E-state index contributed by atoms with van der Waals surface area (Å²) in [7, 11) is 1.63. The number of aromatic nitrogens is 3. The van der Waals surface area contributed by atoms with Gasteiger partial charge in [0, 0.05) is 10.9 Å². The van der Waals surface area contributed by atoms with Crippen molar-refractivity contribution in [3.05, 3.63) is 45.8 Å². The number of anilines is 1. The number of thioether (sulfide) groups is 1. The van der Waals surface area contributed by atoms with Gasteiger partial charge in [-0.25, -0.2) is 0 Å². The molecule has 0 saturated carbocycles. The van der Waals surface area contributed by atoms with Gasteiger partial charge in [0.15, 0.2) is 10.8 Å². The second kappa shape index (κ2) is 7.97. The Balaban J connectivity index is 1.62. The summed E-state index contributed by atoms with van der Waals surface area (Å²) in [5.74, 6) is 0.702. The zero-order valence-electron chi connectivity index (χ0n) is 16.9. The molecule has 7 nitrogen and oxygen atoms in total. The highest BCUT2D eigenvalue weighted by atomic mass is 32.2. The Morgan fingerprint density at radius 2 is 2.10 bits per heavy atom. The van der Waals surface area contributed by atoms with E-state index >= 15 is 0 Å². The third-order valence-corrected chi connectivity index (χ3v) is 6.97. The Hall–Kier alpha value is -3.09. The van der Waals surface area contributed by atoms with Crippen LogP contribution in [0.25, 0.3) is 16.6 Å². The molecule has 0 atom stereocenters. The minimum absolute atomic E-state index is 0.154. The van der Waals surface area contributed by atoms with Gasteiger partial charge in [-0.2, -0.15) is 5.26 Å². The number of nitrogens with one attached hydrogen (secondary N) is 1. The van der Waals surface area contributed by atoms with E-state index in [2.05, 4.69) is 27.6 Å². The van der Waals surface area contributed by atoms with Crippen LogP contribution in [0.3, 0.4) is 0 Å². The second-order valence-electron chi connectivity index (χ2n) is 6.83. The molecule has 3 heterocycles. The summed E-state index contributed by atoms with van der Waals surface area (Å²) in [5, 5.41) is 23.1. The fraction of sp³-hybridized carbons (Fsp3) is 0.238. The lowest BCUT2D eigenvalue weighted by molar-refractivity contribution is -0.113. The summed E-state index contributed by atoms with van der Waals surface area (Å²) < 4.78 is 7.32. The molecule has 0 aliphatic carbocycles. The van der Waals surface area contributed by atoms with Crippen LogP contribution in [0.2, 0.25) is 0 Å². The lowest BCUT2D eigenvalue weighted by Crippen LogP contribution is -2.14. The topological polar surface area (TPSA) is 92.3 Å². The van der Waals surface area contributed by atoms with Crippen LogP contribution < -0.4 is 10.1 Å². The molecule has 3 aromatic heterocycles. The fourth-order valence-electron chi connectivity index (χ4n) is 3.24. The predicted octanol–water partition coefficient (Wildman–Crippen LogP) is 4.48. The molecule has 0 bridgehead atoms. The van der Waals surface area contributed by atoms with Crippen LogP contribution in [0, 0.1) is 32.1 Å². The highest BCUT2D eigenvalue weighted by molar-refractivity contribution is 7.99. The molecular weight excluding hydrogens is 418 g/mol. The Bertz CT molecular complexity index is 1330. The zero-order valence-corrected chi connectivity index (χ0v) is 18.6. The van der Waals surface area contributed by atoms with Gasteiger partial charge in [0.25, 0.3) is 0 Å². The number of amides is 1. The number of thiophene rings is 1. The second-order valence-corrected chi connectivity index (χ2v) is 9.00. The maximum atomic E-state index is 12.6. The highest BCUT2D eigenvalue weighted by Gasteiger charge is 2.17. The molecule has 0 fully saturated rings. The van der Waals surface area contributed by atoms with E-state index in [0.717, 1.165) is 38.3 Å². The van der Waals surface area contributed by atoms with Gasteiger partial charge >= 0.3 is 0 Å². The first-order valence-corrected chi connectivity index (χ1v) is 11.0. The maximum Gasteiger partial charge on any atom is 0.235 e. The lowest BCUT2D eigenvalue weighted by Gasteiger charge is -2.09. The number of hydrogen-bond donors (Lipinski definition) is 1. The van der Waals surface area contributed by atoms with E-state index in [1.807, 2.05) is 43.4 Å². The quantitative estimate of drug-likeness (QED) is 0.463. The molecule has 9 heteroatoms. The van der Waals surface area contributed by atoms with E-state index in [-0.39, 0.29) is 11.7 Å². The molecule has 1 amide bonds. The Morgan fingerprint density at radius 1 is 1.30 bits per heavy atom. The third-order valence-electron chi connectivity index (χ3n) is 4.92. The fourth-order valence-corrected chi connectivity index (χ4v) is 5.01. The van der Waals surface area contributed by atoms with Crippen molar-refractivity contribution < 1.29 is 9.53 Å². The van der Waals surface area contributed by atoms with Crippen LogP contribution in [0.15, 0.2) is 29.4 Å². The van der Waals surface area contributed by atoms with Gasteiger partial charge in [0.2, 0.25) is 5.91 Å². The number of carbonyl (C=O) groups excluding carboxylic acids is 1. The first-order valence-electron chi connectivity index (χ1n) is 9.18. The SMILES string of the molecule is COc1ccc2cc(C)c3nnc(SCC(=O)Nc4sc(C)c(C)c4C#N)n3c2c1. The number of nitrogens with zero attached hydrogens (tertiary/aromatic N) is 4. The number of nitriles is 1. The first kappa shape index (κ1) is 20.2. The lowest BCUT2D eigenvalue weighted by atomic mass is 10.1. The molecule has 0 aliphatic rings. The van der Waals surface area contributed by atoms with Gasteiger partial charge < -0.3 is 10.1 Å². The van der Waals surface area contributed by atoms with Gasteiger partial charge in [-0.1, -0.05) is 11.8 Å². The molecule has 0 unspecified atom stereocenters. The van der Waals surface area contributed by atoms with E-state index in [1.165, 1.54) is 23.1 Å². The van der Waals surface area contributed by atoms with E-state index in [1.54, 1.807) is 7.11 Å². The molecule has 0 aliphatic heterocycles. The average Bonchev–Trinajstić information content (AvgIpc) is 3.28. The molecule has 0 saturated heterocycles. The molecule has 30 heavy (non-hydrogen) atoms. The molecular formula is C21H19N5O2S2. The molecule has 1 aromatic carbocycles. The standard InChI is InChI=1S/C21H19N5O2S2/c1-11-7-14-5-6-15(28-4)8-17(14)26-19(11)24-25-21(26)29-10-18(27)23-20-16(9-22)12(2)13(3)30-20/h5-8H,10H2,1-4H3,(H,23,27). The van der Waals surface area contributed by atoms with E-state index in [4.69, 9.17) is 4.74 Å². The van der Waals surface area contributed by atoms with Crippen molar-refractivity contribution in [2.45, 2.75) is 25.9 Å². The summed E-state index contributed by atoms with van der Waals surface area (Å²) in [4.78, 5) is 13.6. The Kier molecular flexibility index (Phi) is 5.37. The monoisotopic (exact) mass is 437 g/mol. The largest absolute Gasteiger partial charge is 0.497 e. The normalized spacial score (nSPS) is 11.0. The van der Waals surface area contributed by atoms with Crippen LogP contribution in [0.4, 0.5) is 5.00 Å². The zero-order chi connectivity index (χ0) is 21.4. The Labute approximate surface area is 181 Å². The summed E-state index contributed by atoms with van der Waals surface area (Å²) in [5.41, 5.74) is 4.09. The number of rotatable bonds is 5. The van der Waals surface area contributed by atoms with Crippen LogP contribution in [0.1, 0.15) is 21.6 Å². The van der Waals surface area contributed by atoms with Crippen molar-refractivity contribution in [2.24, 2.45) is 0 Å². The van der Waals surface area contributed by atoms with Crippen molar-refractivity contribution in [1.29, 1.82) is 5.26 Å². The molecule has 1 N–H and O–H groups in total. The first-order chi connectivity index (χ1) is 14.4. The molecule has 4 rings (SSSR count). The van der Waals surface area contributed by atoms with Crippen molar-refractivity contribution in [1.82, 2.24) is 14.6 Å². The van der Waals surface area contributed by atoms with Gasteiger partial charge in [-0.05, 0) is 55.5 Å². The molecule has 0 spiro atoms. The van der Waals surface area contributed by atoms with Crippen molar-refractivity contribution in [2.75, 3.05) is 18.2 Å². The molecule has 152 valence electrons. The summed E-state index contributed by atoms with van der Waals surface area (Å²) in [6.45, 7) is 5.81. The highest BCUT2D eigenvalue weighted by Crippen LogP contribution is 2.32. The number of aryl methyl sites for hydroxylation is 2. The third kappa shape index (κ3) is 3.49. The number of benzene rings is 1. The smallest absolute Gasteiger partial charge is 0.235 e. The van der Waals surface area contributed by atoms with Crippen molar-refractivity contribution >= 4 is 50.6 Å². The van der Waals surface area contributed by atoms with Gasteiger partial charge in [-0.3, -0.25) is 9.20 Å². The molecule has 4 aromatic rings. The molecule has 0 radical (unpaired) electrons. The minimum atomic E-state index is -0.191. The number of pyridine rings is 1. The minimum Gasteiger partial charge on any atom is -0.497 e. The van der Waals surface area contributed by atoms with E-state index < -0.39 is 0 Å².